The number of benzene rings is 1. The van der Waals surface area contributed by atoms with Gasteiger partial charge in [-0.2, -0.15) is 0 Å². The number of methoxy groups -OCH3 is 2. The predicted molar refractivity (Wildman–Crippen MR) is 104 cm³/mol. The summed E-state index contributed by atoms with van der Waals surface area (Å²) in [4.78, 5) is 17.0. The zero-order chi connectivity index (χ0) is 19.2. The number of nitrogens with zero attached hydrogens (tertiary/aromatic N) is 2. The molecule has 6 nitrogen and oxygen atoms in total. The van der Waals surface area contributed by atoms with E-state index in [0.29, 0.717) is 6.42 Å². The molecule has 0 aromatic heterocycles. The highest BCUT2D eigenvalue weighted by molar-refractivity contribution is 5.76. The van der Waals surface area contributed by atoms with E-state index in [1.165, 1.54) is 0 Å². The summed E-state index contributed by atoms with van der Waals surface area (Å²) in [5.74, 6) is 1.98. The average molecular weight is 376 g/mol. The SMILES string of the molecule is CCC1CN(CCC(=O)N2CCCC(OC)C2)Cc2cc(OC)ccc2O1. The molecule has 3 rings (SSSR count). The molecule has 150 valence electrons. The summed E-state index contributed by atoms with van der Waals surface area (Å²) in [6.45, 7) is 6.05. The predicted octanol–water partition coefficient (Wildman–Crippen LogP) is 2.70. The van der Waals surface area contributed by atoms with Crippen molar-refractivity contribution in [3.05, 3.63) is 23.8 Å². The second kappa shape index (κ2) is 9.42. The lowest BCUT2D eigenvalue weighted by molar-refractivity contribution is -0.135. The molecule has 2 aliphatic heterocycles. The molecule has 2 aliphatic rings. The van der Waals surface area contributed by atoms with E-state index in [4.69, 9.17) is 14.2 Å². The van der Waals surface area contributed by atoms with Crippen LogP contribution in [-0.4, -0.2) is 68.3 Å². The number of amides is 1. The van der Waals surface area contributed by atoms with Crippen molar-refractivity contribution >= 4 is 5.91 Å². The second-order valence-electron chi connectivity index (χ2n) is 7.45. The molecule has 0 aliphatic carbocycles. The van der Waals surface area contributed by atoms with Crippen LogP contribution in [0.3, 0.4) is 0 Å². The van der Waals surface area contributed by atoms with Gasteiger partial charge in [0, 0.05) is 51.8 Å². The Morgan fingerprint density at radius 3 is 2.89 bits per heavy atom. The van der Waals surface area contributed by atoms with Crippen molar-refractivity contribution in [1.29, 1.82) is 0 Å². The van der Waals surface area contributed by atoms with Gasteiger partial charge < -0.3 is 19.1 Å². The highest BCUT2D eigenvalue weighted by atomic mass is 16.5. The Bertz CT molecular complexity index is 637. The van der Waals surface area contributed by atoms with Gasteiger partial charge in [0.05, 0.1) is 13.2 Å². The Balaban J connectivity index is 1.62. The van der Waals surface area contributed by atoms with E-state index in [-0.39, 0.29) is 18.1 Å². The fourth-order valence-corrected chi connectivity index (χ4v) is 3.88. The summed E-state index contributed by atoms with van der Waals surface area (Å²) < 4.78 is 17.0. The highest BCUT2D eigenvalue weighted by Crippen LogP contribution is 2.29. The van der Waals surface area contributed by atoms with Gasteiger partial charge in [0.15, 0.2) is 0 Å². The molecule has 0 bridgehead atoms. The van der Waals surface area contributed by atoms with E-state index in [9.17, 15) is 4.79 Å². The van der Waals surface area contributed by atoms with Crippen LogP contribution >= 0.6 is 0 Å². The van der Waals surface area contributed by atoms with Crippen molar-refractivity contribution in [2.45, 2.75) is 51.4 Å². The molecule has 0 N–H and O–H groups in total. The van der Waals surface area contributed by atoms with Crippen molar-refractivity contribution in [1.82, 2.24) is 9.80 Å². The highest BCUT2D eigenvalue weighted by Gasteiger charge is 2.26. The van der Waals surface area contributed by atoms with Crippen LogP contribution in [-0.2, 0) is 16.1 Å². The van der Waals surface area contributed by atoms with Gasteiger partial charge >= 0.3 is 0 Å². The fraction of sp³-hybridized carbons (Fsp3) is 0.667. The summed E-state index contributed by atoms with van der Waals surface area (Å²) >= 11 is 0. The first kappa shape index (κ1) is 20.0. The number of piperidine rings is 1. The third kappa shape index (κ3) is 5.14. The van der Waals surface area contributed by atoms with E-state index in [0.717, 1.165) is 69.0 Å². The summed E-state index contributed by atoms with van der Waals surface area (Å²) in [7, 11) is 3.41. The smallest absolute Gasteiger partial charge is 0.223 e. The third-order valence-corrected chi connectivity index (χ3v) is 5.58. The van der Waals surface area contributed by atoms with Crippen molar-refractivity contribution in [2.75, 3.05) is 40.4 Å². The van der Waals surface area contributed by atoms with E-state index >= 15 is 0 Å². The molecular formula is C21H32N2O4. The maximum absolute atomic E-state index is 12.7. The number of carbonyl (C=O) groups excluding carboxylic acids is 1. The Kier molecular flexibility index (Phi) is 6.96. The Hall–Kier alpha value is -1.79. The minimum Gasteiger partial charge on any atom is -0.497 e. The van der Waals surface area contributed by atoms with Gasteiger partial charge in [-0.05, 0) is 37.5 Å². The molecule has 27 heavy (non-hydrogen) atoms. The van der Waals surface area contributed by atoms with Crippen molar-refractivity contribution in [3.8, 4) is 11.5 Å². The number of rotatable bonds is 6. The minimum absolute atomic E-state index is 0.141. The lowest BCUT2D eigenvalue weighted by Gasteiger charge is -2.32. The topological polar surface area (TPSA) is 51.2 Å². The van der Waals surface area contributed by atoms with Crippen molar-refractivity contribution < 1.29 is 19.0 Å². The molecule has 1 aromatic carbocycles. The summed E-state index contributed by atoms with van der Waals surface area (Å²) in [6, 6.07) is 5.97. The number of hydrogen-bond acceptors (Lipinski definition) is 5. The first-order valence-electron chi connectivity index (χ1n) is 9.99. The Labute approximate surface area is 162 Å². The minimum atomic E-state index is 0.141. The molecule has 2 heterocycles. The normalized spacial score (nSPS) is 23.3. The lowest BCUT2D eigenvalue weighted by atomic mass is 10.1. The molecule has 1 amide bonds. The van der Waals surface area contributed by atoms with Gasteiger partial charge in [-0.1, -0.05) is 6.92 Å². The van der Waals surface area contributed by atoms with Crippen LogP contribution in [0.1, 0.15) is 38.2 Å². The summed E-state index contributed by atoms with van der Waals surface area (Å²) in [5, 5.41) is 0. The Morgan fingerprint density at radius 2 is 2.15 bits per heavy atom. The number of likely N-dealkylation sites (tertiary alicyclic amines) is 1. The van der Waals surface area contributed by atoms with Gasteiger partial charge in [-0.3, -0.25) is 9.69 Å². The van der Waals surface area contributed by atoms with E-state index in [1.54, 1.807) is 14.2 Å². The molecule has 6 heteroatoms. The second-order valence-corrected chi connectivity index (χ2v) is 7.45. The van der Waals surface area contributed by atoms with Crippen LogP contribution in [0.2, 0.25) is 0 Å². The summed E-state index contributed by atoms with van der Waals surface area (Å²) in [5.41, 5.74) is 1.12. The number of fused-ring (bicyclic) bond motifs is 1. The van der Waals surface area contributed by atoms with E-state index in [2.05, 4.69) is 11.8 Å². The third-order valence-electron chi connectivity index (χ3n) is 5.58. The van der Waals surface area contributed by atoms with E-state index in [1.807, 2.05) is 23.1 Å². The first-order chi connectivity index (χ1) is 13.1. The Morgan fingerprint density at radius 1 is 1.30 bits per heavy atom. The van der Waals surface area contributed by atoms with Gasteiger partial charge in [0.25, 0.3) is 0 Å². The van der Waals surface area contributed by atoms with Crippen molar-refractivity contribution in [3.63, 3.8) is 0 Å². The van der Waals surface area contributed by atoms with Gasteiger partial charge in [0.2, 0.25) is 5.91 Å². The first-order valence-corrected chi connectivity index (χ1v) is 9.99. The number of carbonyl (C=O) groups is 1. The fourth-order valence-electron chi connectivity index (χ4n) is 3.88. The van der Waals surface area contributed by atoms with Crippen LogP contribution in [0.4, 0.5) is 0 Å². The maximum Gasteiger partial charge on any atom is 0.223 e. The largest absolute Gasteiger partial charge is 0.497 e. The molecule has 2 atom stereocenters. The van der Waals surface area contributed by atoms with Crippen LogP contribution in [0.15, 0.2) is 18.2 Å². The molecule has 2 unspecified atom stereocenters. The average Bonchev–Trinajstić information content (AvgIpc) is 2.90. The zero-order valence-electron chi connectivity index (χ0n) is 16.8. The monoisotopic (exact) mass is 376 g/mol. The van der Waals surface area contributed by atoms with Crippen molar-refractivity contribution in [2.24, 2.45) is 0 Å². The van der Waals surface area contributed by atoms with Crippen LogP contribution in [0, 0.1) is 0 Å². The van der Waals surface area contributed by atoms with Gasteiger partial charge in [-0.25, -0.2) is 0 Å². The molecule has 1 fully saturated rings. The molecule has 1 saturated heterocycles. The van der Waals surface area contributed by atoms with E-state index < -0.39 is 0 Å². The molecule has 0 saturated carbocycles. The van der Waals surface area contributed by atoms with Gasteiger partial charge in [0.1, 0.15) is 17.6 Å². The lowest BCUT2D eigenvalue weighted by Crippen LogP contribution is -2.44. The van der Waals surface area contributed by atoms with Gasteiger partial charge in [-0.15, -0.1) is 0 Å². The van der Waals surface area contributed by atoms with Crippen LogP contribution in [0.25, 0.3) is 0 Å². The molecule has 0 spiro atoms. The molecule has 0 radical (unpaired) electrons. The quantitative estimate of drug-likeness (QED) is 0.764. The summed E-state index contributed by atoms with van der Waals surface area (Å²) in [6.07, 6.45) is 3.86. The molecule has 1 aromatic rings. The number of ether oxygens (including phenoxy) is 3. The van der Waals surface area contributed by atoms with Crippen LogP contribution in [0.5, 0.6) is 11.5 Å². The standard InChI is InChI=1S/C21H32N2O4/c1-4-17-14-22(13-16-12-18(25-2)7-8-20(16)27-17)11-9-21(24)23-10-5-6-19(15-23)26-3/h7-8,12,17,19H,4-6,9-11,13-15H2,1-3H3. The zero-order valence-corrected chi connectivity index (χ0v) is 16.8. The van der Waals surface area contributed by atoms with Crippen LogP contribution < -0.4 is 9.47 Å². The maximum atomic E-state index is 12.7. The number of hydrogen-bond donors (Lipinski definition) is 0. The molecular weight excluding hydrogens is 344 g/mol.